The second-order valence-corrected chi connectivity index (χ2v) is 6.43. The van der Waals surface area contributed by atoms with Crippen LogP contribution in [0.4, 0.5) is 11.6 Å². The van der Waals surface area contributed by atoms with E-state index in [-0.39, 0.29) is 0 Å². The molecule has 3 rings (SSSR count). The van der Waals surface area contributed by atoms with Crippen LogP contribution >= 0.6 is 0 Å². The van der Waals surface area contributed by atoms with E-state index in [9.17, 15) is 0 Å². The van der Waals surface area contributed by atoms with E-state index in [1.165, 1.54) is 25.7 Å². The van der Waals surface area contributed by atoms with E-state index >= 15 is 0 Å². The fraction of sp³-hybridized carbons (Fsp3) is 0.750. The van der Waals surface area contributed by atoms with E-state index in [2.05, 4.69) is 46.4 Å². The molecule has 21 heavy (non-hydrogen) atoms. The minimum Gasteiger partial charge on any atom is -0.370 e. The molecule has 1 unspecified atom stereocenters. The highest BCUT2D eigenvalue weighted by Crippen LogP contribution is 2.38. The molecule has 0 amide bonds. The van der Waals surface area contributed by atoms with E-state index in [1.807, 2.05) is 6.07 Å². The van der Waals surface area contributed by atoms with Gasteiger partial charge in [-0.3, -0.25) is 4.90 Å². The van der Waals surface area contributed by atoms with Crippen LogP contribution in [0.15, 0.2) is 6.07 Å². The average molecular weight is 289 g/mol. The van der Waals surface area contributed by atoms with Gasteiger partial charge < -0.3 is 10.6 Å². The van der Waals surface area contributed by atoms with Crippen LogP contribution in [-0.4, -0.2) is 47.1 Å². The number of nitrogens with zero attached hydrogens (tertiary/aromatic N) is 3. The average Bonchev–Trinajstić information content (AvgIpc) is 3.36. The van der Waals surface area contributed by atoms with Gasteiger partial charge in [0.1, 0.15) is 17.5 Å². The maximum Gasteiger partial charge on any atom is 0.136 e. The van der Waals surface area contributed by atoms with E-state index in [0.29, 0.717) is 12.0 Å². The minimum absolute atomic E-state index is 0.527. The zero-order chi connectivity index (χ0) is 14.8. The molecule has 5 nitrogen and oxygen atoms in total. The lowest BCUT2D eigenvalue weighted by Gasteiger charge is -2.25. The molecule has 0 radical (unpaired) electrons. The van der Waals surface area contributed by atoms with Gasteiger partial charge in [-0.1, -0.05) is 0 Å². The molecule has 0 aromatic carbocycles. The number of hydrogen-bond donors (Lipinski definition) is 2. The Balaban J connectivity index is 1.62. The van der Waals surface area contributed by atoms with Crippen LogP contribution in [-0.2, 0) is 0 Å². The van der Waals surface area contributed by atoms with Crippen molar-refractivity contribution in [1.82, 2.24) is 14.9 Å². The van der Waals surface area contributed by atoms with Crippen molar-refractivity contribution in [2.75, 3.05) is 30.8 Å². The Morgan fingerprint density at radius 3 is 2.43 bits per heavy atom. The molecule has 2 N–H and O–H groups in total. The summed E-state index contributed by atoms with van der Waals surface area (Å²) >= 11 is 0. The summed E-state index contributed by atoms with van der Waals surface area (Å²) in [7, 11) is 2.23. The van der Waals surface area contributed by atoms with Crippen molar-refractivity contribution in [2.24, 2.45) is 0 Å². The summed E-state index contributed by atoms with van der Waals surface area (Å²) in [5.41, 5.74) is 0. The molecular weight excluding hydrogens is 262 g/mol. The molecule has 2 aliphatic rings. The van der Waals surface area contributed by atoms with Gasteiger partial charge in [0.05, 0.1) is 0 Å². The summed E-state index contributed by atoms with van der Waals surface area (Å²) in [6, 6.07) is 3.35. The van der Waals surface area contributed by atoms with Crippen molar-refractivity contribution < 1.29 is 0 Å². The van der Waals surface area contributed by atoms with Crippen LogP contribution in [0.5, 0.6) is 0 Å². The number of likely N-dealkylation sites (N-methyl/N-ethyl adjacent to an activating group) is 1. The molecule has 0 bridgehead atoms. The standard InChI is InChI=1S/C16H27N5/c1-4-17-14-9-15(20-16(19-14)12-5-6-12)18-10-11(2)21(3)13-7-8-13/h9,11-13H,4-8,10H2,1-3H3,(H2,17,18,19,20). The molecule has 2 aliphatic carbocycles. The Kier molecular flexibility index (Phi) is 4.29. The lowest BCUT2D eigenvalue weighted by molar-refractivity contribution is 0.257. The molecule has 116 valence electrons. The zero-order valence-electron chi connectivity index (χ0n) is 13.4. The number of nitrogens with one attached hydrogen (secondary N) is 2. The summed E-state index contributed by atoms with van der Waals surface area (Å²) in [5.74, 6) is 3.48. The first kappa shape index (κ1) is 14.6. The molecule has 1 atom stereocenters. The molecule has 2 saturated carbocycles. The normalized spacial score (nSPS) is 19.6. The SMILES string of the molecule is CCNc1cc(NCC(C)N(C)C2CC2)nc(C2CC2)n1. The first-order chi connectivity index (χ1) is 10.2. The largest absolute Gasteiger partial charge is 0.370 e. The highest BCUT2D eigenvalue weighted by Gasteiger charge is 2.29. The third-order valence-electron chi connectivity index (χ3n) is 4.44. The van der Waals surface area contributed by atoms with Crippen LogP contribution < -0.4 is 10.6 Å². The van der Waals surface area contributed by atoms with Crippen LogP contribution in [0, 0.1) is 0 Å². The highest BCUT2D eigenvalue weighted by atomic mass is 15.2. The van der Waals surface area contributed by atoms with Crippen molar-refractivity contribution in [2.45, 2.75) is 57.5 Å². The molecule has 5 heteroatoms. The molecule has 0 saturated heterocycles. The van der Waals surface area contributed by atoms with Gasteiger partial charge in [0.25, 0.3) is 0 Å². The van der Waals surface area contributed by atoms with Crippen LogP contribution in [0.2, 0.25) is 0 Å². The number of aromatic nitrogens is 2. The predicted octanol–water partition coefficient (Wildman–Crippen LogP) is 2.68. The van der Waals surface area contributed by atoms with Crippen molar-refractivity contribution in [3.05, 3.63) is 11.9 Å². The Hall–Kier alpha value is -1.36. The molecular formula is C16H27N5. The maximum absolute atomic E-state index is 4.69. The Morgan fingerprint density at radius 2 is 1.86 bits per heavy atom. The predicted molar refractivity (Wildman–Crippen MR) is 86.9 cm³/mol. The van der Waals surface area contributed by atoms with Gasteiger partial charge in [0.15, 0.2) is 0 Å². The smallest absolute Gasteiger partial charge is 0.136 e. The summed E-state index contributed by atoms with van der Waals surface area (Å²) in [6.07, 6.45) is 5.17. The van der Waals surface area contributed by atoms with Crippen LogP contribution in [0.3, 0.4) is 0 Å². The molecule has 2 fully saturated rings. The van der Waals surface area contributed by atoms with Crippen molar-refractivity contribution in [3.8, 4) is 0 Å². The fourth-order valence-electron chi connectivity index (χ4n) is 2.59. The molecule has 0 spiro atoms. The summed E-state index contributed by atoms with van der Waals surface area (Å²) in [5, 5.41) is 6.81. The van der Waals surface area contributed by atoms with Crippen molar-refractivity contribution in [3.63, 3.8) is 0 Å². The minimum atomic E-state index is 0.527. The Labute approximate surface area is 127 Å². The van der Waals surface area contributed by atoms with Gasteiger partial charge in [-0.25, -0.2) is 9.97 Å². The highest BCUT2D eigenvalue weighted by molar-refractivity contribution is 5.48. The van der Waals surface area contributed by atoms with Gasteiger partial charge in [0, 0.05) is 37.2 Å². The monoisotopic (exact) mass is 289 g/mol. The van der Waals surface area contributed by atoms with Gasteiger partial charge >= 0.3 is 0 Å². The zero-order valence-corrected chi connectivity index (χ0v) is 13.4. The van der Waals surface area contributed by atoms with Gasteiger partial charge in [-0.15, -0.1) is 0 Å². The van der Waals surface area contributed by atoms with E-state index in [1.54, 1.807) is 0 Å². The summed E-state index contributed by atoms with van der Waals surface area (Å²) in [6.45, 7) is 6.19. The van der Waals surface area contributed by atoms with Crippen LogP contribution in [0.25, 0.3) is 0 Å². The summed E-state index contributed by atoms with van der Waals surface area (Å²) in [4.78, 5) is 11.8. The summed E-state index contributed by atoms with van der Waals surface area (Å²) < 4.78 is 0. The van der Waals surface area contributed by atoms with E-state index < -0.39 is 0 Å². The lowest BCUT2D eigenvalue weighted by atomic mass is 10.3. The lowest BCUT2D eigenvalue weighted by Crippen LogP contribution is -2.36. The van der Waals surface area contributed by atoms with Crippen molar-refractivity contribution in [1.29, 1.82) is 0 Å². The molecule has 1 aromatic heterocycles. The second kappa shape index (κ2) is 6.18. The number of rotatable bonds is 8. The first-order valence-electron chi connectivity index (χ1n) is 8.26. The quantitative estimate of drug-likeness (QED) is 0.770. The number of anilines is 2. The Morgan fingerprint density at radius 1 is 1.19 bits per heavy atom. The first-order valence-corrected chi connectivity index (χ1v) is 8.26. The van der Waals surface area contributed by atoms with Gasteiger partial charge in [-0.05, 0) is 46.6 Å². The van der Waals surface area contributed by atoms with Gasteiger partial charge in [0.2, 0.25) is 0 Å². The number of hydrogen-bond acceptors (Lipinski definition) is 5. The van der Waals surface area contributed by atoms with Crippen LogP contribution in [0.1, 0.15) is 51.3 Å². The van der Waals surface area contributed by atoms with Crippen molar-refractivity contribution >= 4 is 11.6 Å². The third-order valence-corrected chi connectivity index (χ3v) is 4.44. The topological polar surface area (TPSA) is 53.1 Å². The molecule has 1 aromatic rings. The van der Waals surface area contributed by atoms with E-state index in [4.69, 9.17) is 0 Å². The Bertz CT molecular complexity index is 482. The van der Waals surface area contributed by atoms with E-state index in [0.717, 1.165) is 36.6 Å². The fourth-order valence-corrected chi connectivity index (χ4v) is 2.59. The third kappa shape index (κ3) is 3.84. The molecule has 0 aliphatic heterocycles. The van der Waals surface area contributed by atoms with Gasteiger partial charge in [-0.2, -0.15) is 0 Å². The second-order valence-electron chi connectivity index (χ2n) is 6.43. The maximum atomic E-state index is 4.69. The molecule has 1 heterocycles.